The van der Waals surface area contributed by atoms with Crippen LogP contribution in [0.4, 0.5) is 0 Å². The van der Waals surface area contributed by atoms with E-state index in [0.29, 0.717) is 25.4 Å². The Bertz CT molecular complexity index is 323. The van der Waals surface area contributed by atoms with Crippen molar-refractivity contribution in [2.24, 2.45) is 5.92 Å². The van der Waals surface area contributed by atoms with Gasteiger partial charge in [0.15, 0.2) is 0 Å². The van der Waals surface area contributed by atoms with Crippen LogP contribution in [-0.2, 0) is 14.3 Å². The van der Waals surface area contributed by atoms with Crippen molar-refractivity contribution in [3.05, 3.63) is 0 Å². The second kappa shape index (κ2) is 6.89. The van der Waals surface area contributed by atoms with Gasteiger partial charge in [0.2, 0.25) is 5.91 Å². The van der Waals surface area contributed by atoms with Crippen molar-refractivity contribution in [2.75, 3.05) is 6.61 Å². The first-order chi connectivity index (χ1) is 8.85. The van der Waals surface area contributed by atoms with Crippen molar-refractivity contribution in [2.45, 2.75) is 64.5 Å². The van der Waals surface area contributed by atoms with Gasteiger partial charge < -0.3 is 15.2 Å². The van der Waals surface area contributed by atoms with E-state index in [9.17, 15) is 9.59 Å². The maximum Gasteiger partial charge on any atom is 0.329 e. The second-order valence-corrected chi connectivity index (χ2v) is 5.85. The number of aliphatic carboxylic acids is 1. The molecule has 0 saturated heterocycles. The third-order valence-electron chi connectivity index (χ3n) is 3.53. The first kappa shape index (κ1) is 16.0. The van der Waals surface area contributed by atoms with Crippen LogP contribution in [0.3, 0.4) is 0 Å². The van der Waals surface area contributed by atoms with E-state index in [0.717, 1.165) is 12.8 Å². The SMILES string of the molecule is CC(C)CC(C)OCCC(=O)NC1(C(=O)O)CCC1. The molecule has 0 aliphatic heterocycles. The Hall–Kier alpha value is -1.10. The van der Waals surface area contributed by atoms with Gasteiger partial charge in [-0.2, -0.15) is 0 Å². The van der Waals surface area contributed by atoms with Crippen molar-refractivity contribution >= 4 is 11.9 Å². The van der Waals surface area contributed by atoms with Gasteiger partial charge in [-0.3, -0.25) is 4.79 Å². The van der Waals surface area contributed by atoms with Gasteiger partial charge in [0, 0.05) is 6.42 Å². The van der Waals surface area contributed by atoms with Crippen LogP contribution in [0, 0.1) is 5.92 Å². The standard InChI is InChI=1S/C14H25NO4/c1-10(2)9-11(3)19-8-5-12(16)15-14(13(17)18)6-4-7-14/h10-11H,4-9H2,1-3H3,(H,15,16)(H,17,18). The van der Waals surface area contributed by atoms with Gasteiger partial charge >= 0.3 is 5.97 Å². The van der Waals surface area contributed by atoms with Gasteiger partial charge in [-0.25, -0.2) is 4.79 Å². The third kappa shape index (κ3) is 4.82. The molecule has 0 aromatic rings. The highest BCUT2D eigenvalue weighted by atomic mass is 16.5. The summed E-state index contributed by atoms with van der Waals surface area (Å²) in [5.74, 6) is -0.603. The molecule has 1 amide bonds. The lowest BCUT2D eigenvalue weighted by atomic mass is 9.76. The molecule has 0 radical (unpaired) electrons. The summed E-state index contributed by atoms with van der Waals surface area (Å²) in [6.07, 6.45) is 3.22. The van der Waals surface area contributed by atoms with E-state index in [-0.39, 0.29) is 18.4 Å². The third-order valence-corrected chi connectivity index (χ3v) is 3.53. The summed E-state index contributed by atoms with van der Waals surface area (Å²) in [5, 5.41) is 11.7. The molecular weight excluding hydrogens is 246 g/mol. The molecule has 5 nitrogen and oxygen atoms in total. The highest BCUT2D eigenvalue weighted by Gasteiger charge is 2.45. The predicted octanol–water partition coefficient (Wildman–Crippen LogP) is 1.95. The van der Waals surface area contributed by atoms with Crippen molar-refractivity contribution in [1.29, 1.82) is 0 Å². The number of ether oxygens (including phenoxy) is 1. The summed E-state index contributed by atoms with van der Waals surface area (Å²) >= 11 is 0. The molecular formula is C14H25NO4. The Morgan fingerprint density at radius 1 is 1.32 bits per heavy atom. The average molecular weight is 271 g/mol. The normalized spacial score (nSPS) is 18.7. The predicted molar refractivity (Wildman–Crippen MR) is 71.8 cm³/mol. The van der Waals surface area contributed by atoms with E-state index in [1.165, 1.54) is 0 Å². The molecule has 1 saturated carbocycles. The van der Waals surface area contributed by atoms with Gasteiger partial charge in [-0.05, 0) is 38.5 Å². The van der Waals surface area contributed by atoms with E-state index in [1.807, 2.05) is 6.92 Å². The van der Waals surface area contributed by atoms with Crippen LogP contribution in [0.2, 0.25) is 0 Å². The molecule has 1 atom stereocenters. The van der Waals surface area contributed by atoms with Crippen LogP contribution in [0.5, 0.6) is 0 Å². The Morgan fingerprint density at radius 3 is 2.37 bits per heavy atom. The summed E-state index contributed by atoms with van der Waals surface area (Å²) in [7, 11) is 0. The zero-order valence-corrected chi connectivity index (χ0v) is 12.1. The molecule has 0 bridgehead atoms. The minimum Gasteiger partial charge on any atom is -0.480 e. The molecule has 0 spiro atoms. The highest BCUT2D eigenvalue weighted by molar-refractivity contribution is 5.87. The van der Waals surface area contributed by atoms with Crippen LogP contribution >= 0.6 is 0 Å². The molecule has 0 heterocycles. The minimum absolute atomic E-state index is 0.130. The fourth-order valence-electron chi connectivity index (χ4n) is 2.34. The maximum absolute atomic E-state index is 11.7. The van der Waals surface area contributed by atoms with E-state index in [4.69, 9.17) is 9.84 Å². The molecule has 0 aromatic carbocycles. The zero-order valence-electron chi connectivity index (χ0n) is 12.1. The number of carbonyl (C=O) groups is 2. The number of hydrogen-bond acceptors (Lipinski definition) is 3. The molecule has 1 fully saturated rings. The lowest BCUT2D eigenvalue weighted by Gasteiger charge is -2.38. The first-order valence-electron chi connectivity index (χ1n) is 7.02. The zero-order chi connectivity index (χ0) is 14.5. The number of carboxylic acids is 1. The molecule has 1 aliphatic rings. The summed E-state index contributed by atoms with van der Waals surface area (Å²) < 4.78 is 5.54. The largest absolute Gasteiger partial charge is 0.480 e. The summed E-state index contributed by atoms with van der Waals surface area (Å²) in [6, 6.07) is 0. The van der Waals surface area contributed by atoms with Crippen LogP contribution in [0.15, 0.2) is 0 Å². The number of carboxylic acid groups (broad SMARTS) is 1. The quantitative estimate of drug-likeness (QED) is 0.707. The lowest BCUT2D eigenvalue weighted by Crippen LogP contribution is -2.59. The summed E-state index contributed by atoms with van der Waals surface area (Å²) in [5.41, 5.74) is -1.01. The Kier molecular flexibility index (Phi) is 5.79. The van der Waals surface area contributed by atoms with Gasteiger partial charge in [0.05, 0.1) is 12.7 Å². The van der Waals surface area contributed by atoms with Crippen molar-refractivity contribution < 1.29 is 19.4 Å². The fourth-order valence-corrected chi connectivity index (χ4v) is 2.34. The summed E-state index contributed by atoms with van der Waals surface area (Å²) in [4.78, 5) is 22.8. The number of rotatable bonds is 8. The van der Waals surface area contributed by atoms with Gasteiger partial charge in [0.1, 0.15) is 5.54 Å². The number of amides is 1. The fraction of sp³-hybridized carbons (Fsp3) is 0.857. The van der Waals surface area contributed by atoms with Gasteiger partial charge in [-0.1, -0.05) is 13.8 Å². The van der Waals surface area contributed by atoms with Gasteiger partial charge in [-0.15, -0.1) is 0 Å². The van der Waals surface area contributed by atoms with E-state index >= 15 is 0 Å². The molecule has 1 aliphatic carbocycles. The molecule has 5 heteroatoms. The molecule has 19 heavy (non-hydrogen) atoms. The number of hydrogen-bond donors (Lipinski definition) is 2. The molecule has 1 unspecified atom stereocenters. The number of carbonyl (C=O) groups excluding carboxylic acids is 1. The smallest absolute Gasteiger partial charge is 0.329 e. The highest BCUT2D eigenvalue weighted by Crippen LogP contribution is 2.32. The molecule has 110 valence electrons. The van der Waals surface area contributed by atoms with Crippen LogP contribution in [-0.4, -0.2) is 35.2 Å². The van der Waals surface area contributed by atoms with Crippen molar-refractivity contribution in [3.8, 4) is 0 Å². The monoisotopic (exact) mass is 271 g/mol. The minimum atomic E-state index is -1.01. The van der Waals surface area contributed by atoms with Crippen LogP contribution < -0.4 is 5.32 Å². The average Bonchev–Trinajstić information content (AvgIpc) is 2.21. The Labute approximate surface area is 114 Å². The number of nitrogens with one attached hydrogen (secondary N) is 1. The topological polar surface area (TPSA) is 75.6 Å². The Morgan fingerprint density at radius 2 is 1.95 bits per heavy atom. The van der Waals surface area contributed by atoms with E-state index in [2.05, 4.69) is 19.2 Å². The van der Waals surface area contributed by atoms with Crippen LogP contribution in [0.1, 0.15) is 52.9 Å². The molecule has 1 rings (SSSR count). The Balaban J connectivity index is 2.23. The molecule has 0 aromatic heterocycles. The molecule has 2 N–H and O–H groups in total. The van der Waals surface area contributed by atoms with Crippen molar-refractivity contribution in [3.63, 3.8) is 0 Å². The summed E-state index contributed by atoms with van der Waals surface area (Å²) in [6.45, 7) is 6.58. The van der Waals surface area contributed by atoms with E-state index in [1.54, 1.807) is 0 Å². The van der Waals surface area contributed by atoms with Gasteiger partial charge in [0.25, 0.3) is 0 Å². The van der Waals surface area contributed by atoms with Crippen LogP contribution in [0.25, 0.3) is 0 Å². The van der Waals surface area contributed by atoms with Crippen molar-refractivity contribution in [1.82, 2.24) is 5.32 Å². The second-order valence-electron chi connectivity index (χ2n) is 5.85. The lowest BCUT2D eigenvalue weighted by molar-refractivity contribution is -0.152. The first-order valence-corrected chi connectivity index (χ1v) is 7.02. The van der Waals surface area contributed by atoms with E-state index < -0.39 is 11.5 Å². The maximum atomic E-state index is 11.7.